The van der Waals surface area contributed by atoms with Gasteiger partial charge in [0.1, 0.15) is 13.2 Å². The van der Waals surface area contributed by atoms with Gasteiger partial charge < -0.3 is 14.8 Å². The minimum atomic E-state index is -0.542. The summed E-state index contributed by atoms with van der Waals surface area (Å²) in [5.41, 5.74) is 2.52. The number of carbonyl (C=O) groups excluding carboxylic acids is 3. The Labute approximate surface area is 241 Å². The number of nitrogens with one attached hydrogen (secondary N) is 1. The van der Waals surface area contributed by atoms with Crippen LogP contribution in [0, 0.1) is 11.3 Å². The summed E-state index contributed by atoms with van der Waals surface area (Å²) in [7, 11) is 0. The number of nitrogens with zero attached hydrogens (tertiary/aromatic N) is 2. The van der Waals surface area contributed by atoms with Crippen molar-refractivity contribution in [3.05, 3.63) is 107 Å². The molecule has 1 heterocycles. The molecular formula is C32H25N3O5S. The van der Waals surface area contributed by atoms with Gasteiger partial charge in [-0.15, -0.1) is 0 Å². The topological polar surface area (TPSA) is 109 Å². The highest BCUT2D eigenvalue weighted by atomic mass is 32.2. The molecule has 0 saturated carbocycles. The third kappa shape index (κ3) is 6.24. The third-order valence-corrected chi connectivity index (χ3v) is 7.23. The number of benzene rings is 4. The number of thioether (sulfide) groups is 1. The molecule has 0 bridgehead atoms. The maximum atomic E-state index is 13.1. The quantitative estimate of drug-likeness (QED) is 0.236. The molecule has 0 aliphatic carbocycles. The van der Waals surface area contributed by atoms with E-state index in [9.17, 15) is 19.6 Å². The molecule has 5 rings (SSSR count). The van der Waals surface area contributed by atoms with Gasteiger partial charge in [-0.05, 0) is 60.0 Å². The Hall–Kier alpha value is -5.07. The molecule has 1 fully saturated rings. The standard InChI is InChI=1S/C32H25N3O5S/c1-2-39-28-16-21(14-15-27(28)40-20-24-10-4-3-9-23(24)18-33)17-29-31(37)35(32(38)41-29)19-30(36)34-26-13-7-11-22-8-5-6-12-25(22)26/h3-17H,2,19-20H2,1H3,(H,34,36)/b29-17+. The first-order valence-corrected chi connectivity index (χ1v) is 13.7. The van der Waals surface area contributed by atoms with Crippen LogP contribution < -0.4 is 14.8 Å². The lowest BCUT2D eigenvalue weighted by atomic mass is 10.1. The molecule has 8 nitrogen and oxygen atoms in total. The average Bonchev–Trinajstić information content (AvgIpc) is 3.24. The molecule has 1 N–H and O–H groups in total. The summed E-state index contributed by atoms with van der Waals surface area (Å²) >= 11 is 0.778. The zero-order valence-electron chi connectivity index (χ0n) is 22.1. The van der Waals surface area contributed by atoms with Crippen LogP contribution in [0.1, 0.15) is 23.6 Å². The van der Waals surface area contributed by atoms with Crippen LogP contribution in [-0.2, 0) is 16.2 Å². The molecule has 4 aromatic carbocycles. The maximum Gasteiger partial charge on any atom is 0.294 e. The first kappa shape index (κ1) is 27.5. The molecule has 4 aromatic rings. The summed E-state index contributed by atoms with van der Waals surface area (Å²) in [6.07, 6.45) is 1.59. The van der Waals surface area contributed by atoms with Gasteiger partial charge in [-0.3, -0.25) is 19.3 Å². The summed E-state index contributed by atoms with van der Waals surface area (Å²) in [5.74, 6) is -0.0678. The number of imide groups is 1. The number of fused-ring (bicyclic) bond motifs is 1. The molecule has 0 atom stereocenters. The Kier molecular flexibility index (Phi) is 8.32. The molecule has 0 unspecified atom stereocenters. The summed E-state index contributed by atoms with van der Waals surface area (Å²) in [6.45, 7) is 2.02. The number of amides is 3. The van der Waals surface area contributed by atoms with Crippen molar-refractivity contribution < 1.29 is 23.9 Å². The van der Waals surface area contributed by atoms with Crippen LogP contribution in [0.15, 0.2) is 89.8 Å². The number of hydrogen-bond acceptors (Lipinski definition) is 7. The van der Waals surface area contributed by atoms with E-state index in [-0.39, 0.29) is 11.5 Å². The fourth-order valence-corrected chi connectivity index (χ4v) is 5.21. The SMILES string of the molecule is CCOc1cc(/C=C2/SC(=O)N(CC(=O)Nc3cccc4ccccc34)C2=O)ccc1OCc1ccccc1C#N. The van der Waals surface area contributed by atoms with Crippen LogP contribution in [0.5, 0.6) is 11.5 Å². The van der Waals surface area contributed by atoms with Gasteiger partial charge in [0.05, 0.1) is 23.1 Å². The van der Waals surface area contributed by atoms with E-state index in [1.54, 1.807) is 42.5 Å². The van der Waals surface area contributed by atoms with Gasteiger partial charge in [0, 0.05) is 16.6 Å². The number of ether oxygens (including phenoxy) is 2. The van der Waals surface area contributed by atoms with Crippen LogP contribution in [0.2, 0.25) is 0 Å². The van der Waals surface area contributed by atoms with E-state index in [0.29, 0.717) is 34.9 Å². The smallest absolute Gasteiger partial charge is 0.294 e. The molecule has 0 spiro atoms. The van der Waals surface area contributed by atoms with Crippen molar-refractivity contribution in [3.63, 3.8) is 0 Å². The minimum Gasteiger partial charge on any atom is -0.490 e. The second-order valence-electron chi connectivity index (χ2n) is 9.04. The molecule has 204 valence electrons. The van der Waals surface area contributed by atoms with E-state index in [1.165, 1.54) is 0 Å². The Morgan fingerprint density at radius 3 is 2.59 bits per heavy atom. The largest absolute Gasteiger partial charge is 0.490 e. The number of carbonyl (C=O) groups is 3. The normalized spacial score (nSPS) is 13.9. The summed E-state index contributed by atoms with van der Waals surface area (Å²) in [5, 5.41) is 13.5. The van der Waals surface area contributed by atoms with Crippen LogP contribution in [0.25, 0.3) is 16.8 Å². The van der Waals surface area contributed by atoms with Crippen LogP contribution in [-0.4, -0.2) is 35.1 Å². The fraction of sp³-hybridized carbons (Fsp3) is 0.125. The molecule has 1 saturated heterocycles. The molecule has 41 heavy (non-hydrogen) atoms. The van der Waals surface area contributed by atoms with Crippen molar-refractivity contribution >= 4 is 51.4 Å². The van der Waals surface area contributed by atoms with E-state index in [4.69, 9.17) is 9.47 Å². The Bertz CT molecular complexity index is 1720. The van der Waals surface area contributed by atoms with Crippen molar-refractivity contribution in [3.8, 4) is 17.6 Å². The van der Waals surface area contributed by atoms with Gasteiger partial charge in [0.2, 0.25) is 5.91 Å². The highest BCUT2D eigenvalue weighted by Crippen LogP contribution is 2.35. The van der Waals surface area contributed by atoms with E-state index >= 15 is 0 Å². The first-order chi connectivity index (χ1) is 20.0. The Balaban J connectivity index is 1.28. The van der Waals surface area contributed by atoms with Crippen molar-refractivity contribution in [2.24, 2.45) is 0 Å². The summed E-state index contributed by atoms with van der Waals surface area (Å²) in [6, 6.07) is 27.7. The van der Waals surface area contributed by atoms with Crippen LogP contribution in [0.3, 0.4) is 0 Å². The molecule has 9 heteroatoms. The molecule has 1 aliphatic heterocycles. The lowest BCUT2D eigenvalue weighted by molar-refractivity contribution is -0.127. The van der Waals surface area contributed by atoms with Gasteiger partial charge in [0.15, 0.2) is 11.5 Å². The second-order valence-corrected chi connectivity index (χ2v) is 10.0. The maximum absolute atomic E-state index is 13.1. The fourth-order valence-electron chi connectivity index (χ4n) is 4.37. The molecule has 0 radical (unpaired) electrons. The molecule has 3 amide bonds. The van der Waals surface area contributed by atoms with E-state index < -0.39 is 23.6 Å². The molecule has 1 aliphatic rings. The lowest BCUT2D eigenvalue weighted by Crippen LogP contribution is -2.36. The number of hydrogen-bond donors (Lipinski definition) is 1. The summed E-state index contributed by atoms with van der Waals surface area (Å²) < 4.78 is 11.7. The van der Waals surface area contributed by atoms with E-state index in [0.717, 1.165) is 33.0 Å². The van der Waals surface area contributed by atoms with E-state index in [1.807, 2.05) is 55.5 Å². The molecule has 0 aromatic heterocycles. The van der Waals surface area contributed by atoms with Crippen molar-refractivity contribution in [2.75, 3.05) is 18.5 Å². The number of anilines is 1. The van der Waals surface area contributed by atoms with Gasteiger partial charge in [-0.25, -0.2) is 0 Å². The average molecular weight is 564 g/mol. The second kappa shape index (κ2) is 12.4. The first-order valence-electron chi connectivity index (χ1n) is 12.9. The third-order valence-electron chi connectivity index (χ3n) is 6.33. The highest BCUT2D eigenvalue weighted by Gasteiger charge is 2.36. The van der Waals surface area contributed by atoms with Crippen LogP contribution in [0.4, 0.5) is 10.5 Å². The van der Waals surface area contributed by atoms with Crippen molar-refractivity contribution in [1.29, 1.82) is 5.26 Å². The zero-order valence-corrected chi connectivity index (χ0v) is 22.9. The van der Waals surface area contributed by atoms with Gasteiger partial charge in [-0.1, -0.05) is 60.7 Å². The van der Waals surface area contributed by atoms with Crippen molar-refractivity contribution in [2.45, 2.75) is 13.5 Å². The Morgan fingerprint density at radius 2 is 1.76 bits per heavy atom. The molecular weight excluding hydrogens is 538 g/mol. The van der Waals surface area contributed by atoms with E-state index in [2.05, 4.69) is 11.4 Å². The highest BCUT2D eigenvalue weighted by molar-refractivity contribution is 8.18. The number of nitriles is 1. The van der Waals surface area contributed by atoms with Gasteiger partial charge in [0.25, 0.3) is 11.1 Å². The van der Waals surface area contributed by atoms with Crippen molar-refractivity contribution in [1.82, 2.24) is 4.90 Å². The predicted molar refractivity (Wildman–Crippen MR) is 158 cm³/mol. The van der Waals surface area contributed by atoms with Gasteiger partial charge in [-0.2, -0.15) is 5.26 Å². The predicted octanol–water partition coefficient (Wildman–Crippen LogP) is 6.36. The lowest BCUT2D eigenvalue weighted by Gasteiger charge is -2.14. The minimum absolute atomic E-state index is 0.183. The van der Waals surface area contributed by atoms with Gasteiger partial charge >= 0.3 is 0 Å². The zero-order chi connectivity index (χ0) is 28.8. The monoisotopic (exact) mass is 563 g/mol. The van der Waals surface area contributed by atoms with Crippen LogP contribution >= 0.6 is 11.8 Å². The number of rotatable bonds is 9. The Morgan fingerprint density at radius 1 is 0.976 bits per heavy atom. The summed E-state index contributed by atoms with van der Waals surface area (Å²) in [4.78, 5) is 39.7.